The summed E-state index contributed by atoms with van der Waals surface area (Å²) >= 11 is 0. The summed E-state index contributed by atoms with van der Waals surface area (Å²) in [4.78, 5) is 27.8. The van der Waals surface area contributed by atoms with Crippen molar-refractivity contribution in [2.24, 2.45) is 5.73 Å². The van der Waals surface area contributed by atoms with E-state index in [0.717, 1.165) is 0 Å². The maximum absolute atomic E-state index is 10.7. The summed E-state index contributed by atoms with van der Waals surface area (Å²) in [5.74, 6) is -0.452. The Hall–Kier alpha value is -0.620. The van der Waals surface area contributed by atoms with Gasteiger partial charge in [-0.25, -0.2) is 4.57 Å². The van der Waals surface area contributed by atoms with Crippen LogP contribution < -0.4 is 5.73 Å². The van der Waals surface area contributed by atoms with E-state index in [1.807, 2.05) is 0 Å². The number of ether oxygens (including phenoxy) is 2. The highest BCUT2D eigenvalue weighted by atomic mass is 31.2. The van der Waals surface area contributed by atoms with E-state index in [2.05, 4.69) is 4.52 Å². The highest BCUT2D eigenvalue weighted by molar-refractivity contribution is 7.46. The summed E-state index contributed by atoms with van der Waals surface area (Å²) in [6, 6.07) is 0. The van der Waals surface area contributed by atoms with Crippen LogP contribution in [0.25, 0.3) is 0 Å². The zero-order chi connectivity index (χ0) is 17.6. The standard InChI is InChI=1S/C11H22NO10P/c12-7(13)3-1-2-4-20-11-10(16)9(15)8(14)6(22-11)5-21-23(17,18)19/h6,8-11,14-16H,1-5H2,(H2,12,13)(H2,17,18,19). The number of phosphoric acid groups is 1. The fourth-order valence-corrected chi connectivity index (χ4v) is 2.30. The first kappa shape index (κ1) is 20.4. The summed E-state index contributed by atoms with van der Waals surface area (Å²) in [5.41, 5.74) is 4.98. The monoisotopic (exact) mass is 359 g/mol. The number of carbonyl (C=O) groups excluding carboxylic acids is 1. The molecule has 0 aromatic heterocycles. The van der Waals surface area contributed by atoms with Gasteiger partial charge in [0.2, 0.25) is 5.91 Å². The van der Waals surface area contributed by atoms with E-state index >= 15 is 0 Å². The molecule has 0 saturated carbocycles. The lowest BCUT2D eigenvalue weighted by Gasteiger charge is -2.40. The van der Waals surface area contributed by atoms with Crippen molar-refractivity contribution in [3.8, 4) is 0 Å². The largest absolute Gasteiger partial charge is 0.469 e. The number of hydrogen-bond donors (Lipinski definition) is 6. The minimum atomic E-state index is -4.77. The Labute approximate surface area is 132 Å². The summed E-state index contributed by atoms with van der Waals surface area (Å²) in [6.07, 6.45) is -6.31. The first-order valence-corrected chi connectivity index (χ1v) is 8.44. The molecule has 0 aliphatic carbocycles. The van der Waals surface area contributed by atoms with Gasteiger partial charge >= 0.3 is 7.82 Å². The van der Waals surface area contributed by atoms with E-state index < -0.39 is 51.0 Å². The zero-order valence-electron chi connectivity index (χ0n) is 12.2. The number of amides is 1. The van der Waals surface area contributed by atoms with Crippen molar-refractivity contribution in [2.75, 3.05) is 13.2 Å². The lowest BCUT2D eigenvalue weighted by Crippen LogP contribution is -2.59. The van der Waals surface area contributed by atoms with Gasteiger partial charge in [0.15, 0.2) is 6.29 Å². The van der Waals surface area contributed by atoms with Crippen LogP contribution in [0.4, 0.5) is 0 Å². The van der Waals surface area contributed by atoms with Gasteiger partial charge in [0.1, 0.15) is 24.4 Å². The molecule has 5 unspecified atom stereocenters. The second-order valence-corrected chi connectivity index (χ2v) is 6.33. The van der Waals surface area contributed by atoms with Crippen molar-refractivity contribution in [3.05, 3.63) is 0 Å². The predicted octanol–water partition coefficient (Wildman–Crippen LogP) is -2.42. The molecular weight excluding hydrogens is 337 g/mol. The Kier molecular flexibility index (Phi) is 8.01. The third-order valence-corrected chi connectivity index (χ3v) is 3.66. The number of rotatable bonds is 9. The maximum Gasteiger partial charge on any atom is 0.469 e. The minimum Gasteiger partial charge on any atom is -0.387 e. The number of nitrogens with two attached hydrogens (primary N) is 1. The topological polar surface area (TPSA) is 189 Å². The maximum atomic E-state index is 10.7. The van der Waals surface area contributed by atoms with Gasteiger partial charge in [0.05, 0.1) is 6.61 Å². The van der Waals surface area contributed by atoms with Gasteiger partial charge < -0.3 is 40.3 Å². The van der Waals surface area contributed by atoms with Crippen LogP contribution in [0.5, 0.6) is 0 Å². The van der Waals surface area contributed by atoms with E-state index in [-0.39, 0.29) is 13.0 Å². The van der Waals surface area contributed by atoms with Gasteiger partial charge in [-0.3, -0.25) is 9.32 Å². The highest BCUT2D eigenvalue weighted by Gasteiger charge is 2.44. The zero-order valence-corrected chi connectivity index (χ0v) is 13.1. The van der Waals surface area contributed by atoms with Crippen LogP contribution in [0.1, 0.15) is 19.3 Å². The fourth-order valence-electron chi connectivity index (χ4n) is 1.96. The van der Waals surface area contributed by atoms with E-state index in [0.29, 0.717) is 12.8 Å². The summed E-state index contributed by atoms with van der Waals surface area (Å²) in [6.45, 7) is -0.610. The van der Waals surface area contributed by atoms with Gasteiger partial charge in [-0.05, 0) is 12.8 Å². The Morgan fingerprint density at radius 3 is 2.35 bits per heavy atom. The normalized spacial score (nSPS) is 32.0. The van der Waals surface area contributed by atoms with Crippen LogP contribution in [0.15, 0.2) is 0 Å². The molecule has 0 bridgehead atoms. The van der Waals surface area contributed by atoms with Crippen molar-refractivity contribution in [2.45, 2.75) is 50.0 Å². The molecular formula is C11H22NO10P. The van der Waals surface area contributed by atoms with Crippen LogP contribution in [-0.4, -0.2) is 74.9 Å². The third-order valence-electron chi connectivity index (χ3n) is 3.18. The molecule has 1 heterocycles. The van der Waals surface area contributed by atoms with Crippen LogP contribution in [0.2, 0.25) is 0 Å². The average Bonchev–Trinajstić information content (AvgIpc) is 2.44. The van der Waals surface area contributed by atoms with Crippen molar-refractivity contribution in [1.29, 1.82) is 0 Å². The van der Waals surface area contributed by atoms with Crippen LogP contribution >= 0.6 is 7.82 Å². The van der Waals surface area contributed by atoms with E-state index in [1.54, 1.807) is 0 Å². The summed E-state index contributed by atoms with van der Waals surface area (Å²) in [5, 5.41) is 29.2. The second kappa shape index (κ2) is 9.02. The van der Waals surface area contributed by atoms with Gasteiger partial charge in [0.25, 0.3) is 0 Å². The molecule has 136 valence electrons. The molecule has 12 heteroatoms. The molecule has 1 rings (SSSR count). The third kappa shape index (κ3) is 7.21. The Morgan fingerprint density at radius 2 is 1.78 bits per heavy atom. The number of unbranched alkanes of at least 4 members (excludes halogenated alkanes) is 1. The molecule has 11 nitrogen and oxygen atoms in total. The van der Waals surface area contributed by atoms with Crippen molar-refractivity contribution in [3.63, 3.8) is 0 Å². The molecule has 0 radical (unpaired) electrons. The molecule has 1 saturated heterocycles. The highest BCUT2D eigenvalue weighted by Crippen LogP contribution is 2.37. The minimum absolute atomic E-state index is 0.0872. The van der Waals surface area contributed by atoms with E-state index in [1.165, 1.54) is 0 Å². The average molecular weight is 359 g/mol. The molecule has 0 aromatic rings. The quantitative estimate of drug-likeness (QED) is 0.191. The summed E-state index contributed by atoms with van der Waals surface area (Å²) < 4.78 is 25.3. The molecule has 0 aromatic carbocycles. The molecule has 5 atom stereocenters. The molecule has 1 amide bonds. The van der Waals surface area contributed by atoms with Gasteiger partial charge in [-0.2, -0.15) is 0 Å². The number of aliphatic hydroxyl groups excluding tert-OH is 3. The number of hydrogen-bond acceptors (Lipinski definition) is 8. The number of aliphatic hydroxyl groups is 3. The van der Waals surface area contributed by atoms with Crippen LogP contribution in [0, 0.1) is 0 Å². The lowest BCUT2D eigenvalue weighted by atomic mass is 9.99. The first-order chi connectivity index (χ1) is 10.6. The molecule has 0 spiro atoms. The van der Waals surface area contributed by atoms with E-state index in [9.17, 15) is 24.7 Å². The second-order valence-electron chi connectivity index (χ2n) is 5.10. The lowest BCUT2D eigenvalue weighted by molar-refractivity contribution is -0.300. The number of primary amides is 1. The Bertz CT molecular complexity index is 429. The van der Waals surface area contributed by atoms with Gasteiger partial charge in [-0.1, -0.05) is 0 Å². The van der Waals surface area contributed by atoms with Gasteiger partial charge in [0, 0.05) is 13.0 Å². The molecule has 1 aliphatic rings. The van der Waals surface area contributed by atoms with Crippen LogP contribution in [-0.2, 0) is 23.4 Å². The molecule has 23 heavy (non-hydrogen) atoms. The molecule has 1 fully saturated rings. The van der Waals surface area contributed by atoms with Crippen molar-refractivity contribution < 1.29 is 48.5 Å². The predicted molar refractivity (Wildman–Crippen MR) is 73.7 cm³/mol. The first-order valence-electron chi connectivity index (χ1n) is 6.91. The fraction of sp³-hybridized carbons (Fsp3) is 0.909. The summed E-state index contributed by atoms with van der Waals surface area (Å²) in [7, 11) is -4.77. The van der Waals surface area contributed by atoms with Gasteiger partial charge in [-0.15, -0.1) is 0 Å². The smallest absolute Gasteiger partial charge is 0.387 e. The van der Waals surface area contributed by atoms with E-state index in [4.69, 9.17) is 25.0 Å². The molecule has 1 aliphatic heterocycles. The SMILES string of the molecule is NC(=O)CCCCOC1OC(COP(=O)(O)O)C(O)C(O)C1O. The molecule has 7 N–H and O–H groups in total. The van der Waals surface area contributed by atoms with Crippen molar-refractivity contribution >= 4 is 13.7 Å². The van der Waals surface area contributed by atoms with Crippen LogP contribution in [0.3, 0.4) is 0 Å². The Morgan fingerprint density at radius 1 is 1.13 bits per heavy atom. The number of phosphoric ester groups is 1. The Balaban J connectivity index is 2.48. The van der Waals surface area contributed by atoms with Crippen molar-refractivity contribution in [1.82, 2.24) is 0 Å². The number of carbonyl (C=O) groups is 1.